The number of fused-ring (bicyclic) bond motifs is 1. The average molecular weight is 530 g/mol. The molecule has 0 unspecified atom stereocenters. The summed E-state index contributed by atoms with van der Waals surface area (Å²) in [5, 5.41) is 0. The first kappa shape index (κ1) is 26.0. The first-order valence-electron chi connectivity index (χ1n) is 12.8. The van der Waals surface area contributed by atoms with E-state index >= 15 is 0 Å². The monoisotopic (exact) mass is 529 g/mol. The molecule has 0 saturated carbocycles. The van der Waals surface area contributed by atoms with E-state index < -0.39 is 5.91 Å². The molecule has 0 aromatic heterocycles. The Morgan fingerprint density at radius 1 is 0.923 bits per heavy atom. The number of para-hydroxylation sites is 2. The molecule has 2 aliphatic heterocycles. The van der Waals surface area contributed by atoms with E-state index in [2.05, 4.69) is 0 Å². The Labute approximate surface area is 225 Å². The van der Waals surface area contributed by atoms with Crippen molar-refractivity contribution < 1.29 is 28.2 Å². The highest BCUT2D eigenvalue weighted by Crippen LogP contribution is 2.36. The van der Waals surface area contributed by atoms with Crippen molar-refractivity contribution in [3.63, 3.8) is 0 Å². The standard InChI is InChI=1S/C30H28FN3O5/c1-2-38-30(37)33-17-15-32(16-18-33)28(35)22-13-11-21(12-14-22)19-27-29(36)34(20-23-7-3-4-8-24(23)31)25-9-5-6-10-26(25)39-27/h3-14,19H,2,15-18,20H2,1H3. The number of halogens is 1. The quantitative estimate of drug-likeness (QED) is 0.448. The Bertz CT molecular complexity index is 1410. The predicted octanol–water partition coefficient (Wildman–Crippen LogP) is 4.71. The van der Waals surface area contributed by atoms with Gasteiger partial charge in [0, 0.05) is 37.3 Å². The van der Waals surface area contributed by atoms with Crippen molar-refractivity contribution in [1.29, 1.82) is 0 Å². The molecule has 0 radical (unpaired) electrons. The smallest absolute Gasteiger partial charge is 0.409 e. The van der Waals surface area contributed by atoms with Crippen LogP contribution < -0.4 is 9.64 Å². The van der Waals surface area contributed by atoms with Crippen LogP contribution in [-0.4, -0.2) is 60.5 Å². The van der Waals surface area contributed by atoms with E-state index in [1.54, 1.807) is 89.5 Å². The van der Waals surface area contributed by atoms with E-state index in [9.17, 15) is 18.8 Å². The van der Waals surface area contributed by atoms with E-state index in [1.807, 2.05) is 0 Å². The minimum atomic E-state index is -0.392. The van der Waals surface area contributed by atoms with E-state index in [0.717, 1.165) is 0 Å². The summed E-state index contributed by atoms with van der Waals surface area (Å²) < 4.78 is 25.3. The lowest BCUT2D eigenvalue weighted by atomic mass is 10.1. The first-order chi connectivity index (χ1) is 18.9. The number of benzene rings is 3. The summed E-state index contributed by atoms with van der Waals surface area (Å²) in [5.41, 5.74) is 2.14. The van der Waals surface area contributed by atoms with Crippen LogP contribution in [0.3, 0.4) is 0 Å². The summed E-state index contributed by atoms with van der Waals surface area (Å²) in [6.07, 6.45) is 1.25. The summed E-state index contributed by atoms with van der Waals surface area (Å²) >= 11 is 0. The minimum absolute atomic E-state index is 0.0556. The molecular formula is C30H28FN3O5. The zero-order valence-corrected chi connectivity index (χ0v) is 21.5. The first-order valence-corrected chi connectivity index (χ1v) is 12.8. The van der Waals surface area contributed by atoms with Gasteiger partial charge in [-0.2, -0.15) is 0 Å². The van der Waals surface area contributed by atoms with Gasteiger partial charge in [0.05, 0.1) is 18.8 Å². The molecule has 1 saturated heterocycles. The topological polar surface area (TPSA) is 79.4 Å². The second-order valence-corrected chi connectivity index (χ2v) is 9.16. The van der Waals surface area contributed by atoms with Crippen LogP contribution in [0.4, 0.5) is 14.9 Å². The molecule has 2 aliphatic rings. The second-order valence-electron chi connectivity index (χ2n) is 9.16. The van der Waals surface area contributed by atoms with Crippen LogP contribution in [0.2, 0.25) is 0 Å². The lowest BCUT2D eigenvalue weighted by molar-refractivity contribution is -0.117. The molecule has 0 bridgehead atoms. The lowest BCUT2D eigenvalue weighted by Crippen LogP contribution is -2.50. The fourth-order valence-corrected chi connectivity index (χ4v) is 4.58. The number of carbonyl (C=O) groups excluding carboxylic acids is 3. The van der Waals surface area contributed by atoms with Crippen molar-refractivity contribution >= 4 is 29.7 Å². The molecule has 200 valence electrons. The van der Waals surface area contributed by atoms with E-state index in [-0.39, 0.29) is 30.1 Å². The summed E-state index contributed by atoms with van der Waals surface area (Å²) in [5.74, 6) is -0.320. The summed E-state index contributed by atoms with van der Waals surface area (Å²) in [6.45, 7) is 3.80. The van der Waals surface area contributed by atoms with Crippen molar-refractivity contribution in [1.82, 2.24) is 9.80 Å². The van der Waals surface area contributed by atoms with Crippen LogP contribution in [0.1, 0.15) is 28.4 Å². The molecule has 8 nitrogen and oxygen atoms in total. The Kier molecular flexibility index (Phi) is 7.58. The molecular weight excluding hydrogens is 501 g/mol. The highest BCUT2D eigenvalue weighted by Gasteiger charge is 2.31. The molecule has 3 aromatic carbocycles. The summed E-state index contributed by atoms with van der Waals surface area (Å²) in [6, 6.07) is 20.4. The third-order valence-electron chi connectivity index (χ3n) is 6.67. The van der Waals surface area contributed by atoms with E-state index in [4.69, 9.17) is 9.47 Å². The predicted molar refractivity (Wildman–Crippen MR) is 144 cm³/mol. The number of nitrogens with zero attached hydrogens (tertiary/aromatic N) is 3. The zero-order valence-electron chi connectivity index (χ0n) is 21.5. The number of hydrogen-bond donors (Lipinski definition) is 0. The van der Waals surface area contributed by atoms with Gasteiger partial charge in [-0.25, -0.2) is 9.18 Å². The number of amides is 3. The number of rotatable bonds is 5. The number of piperazine rings is 1. The van der Waals surface area contributed by atoms with Crippen LogP contribution in [0, 0.1) is 5.82 Å². The summed E-state index contributed by atoms with van der Waals surface area (Å²) in [7, 11) is 0. The fourth-order valence-electron chi connectivity index (χ4n) is 4.58. The Hall–Kier alpha value is -4.66. The van der Waals surface area contributed by atoms with Crippen molar-refractivity contribution in [2.75, 3.05) is 37.7 Å². The van der Waals surface area contributed by atoms with Crippen molar-refractivity contribution in [3.8, 4) is 5.75 Å². The van der Waals surface area contributed by atoms with Crippen LogP contribution in [0.5, 0.6) is 5.75 Å². The Morgan fingerprint density at radius 3 is 2.31 bits per heavy atom. The third-order valence-corrected chi connectivity index (χ3v) is 6.67. The van der Waals surface area contributed by atoms with E-state index in [1.165, 1.54) is 11.0 Å². The number of anilines is 1. The minimum Gasteiger partial charge on any atom is -0.450 e. The normalized spacial score (nSPS) is 16.1. The Morgan fingerprint density at radius 2 is 1.59 bits per heavy atom. The van der Waals surface area contributed by atoms with Crippen LogP contribution in [0.25, 0.3) is 6.08 Å². The molecule has 0 N–H and O–H groups in total. The number of carbonyl (C=O) groups is 3. The van der Waals surface area contributed by atoms with Gasteiger partial charge < -0.3 is 19.3 Å². The second kappa shape index (κ2) is 11.4. The van der Waals surface area contributed by atoms with Gasteiger partial charge >= 0.3 is 6.09 Å². The van der Waals surface area contributed by atoms with Gasteiger partial charge in [0.2, 0.25) is 0 Å². The van der Waals surface area contributed by atoms with Crippen LogP contribution >= 0.6 is 0 Å². The Balaban J connectivity index is 1.31. The van der Waals surface area contributed by atoms with Crippen molar-refractivity contribution in [2.24, 2.45) is 0 Å². The molecule has 0 atom stereocenters. The van der Waals surface area contributed by atoms with Crippen molar-refractivity contribution in [2.45, 2.75) is 13.5 Å². The molecule has 1 fully saturated rings. The molecule has 0 aliphatic carbocycles. The van der Waals surface area contributed by atoms with Gasteiger partial charge in [0.25, 0.3) is 11.8 Å². The maximum atomic E-state index is 14.4. The maximum absolute atomic E-state index is 14.4. The van der Waals surface area contributed by atoms with Crippen LogP contribution in [-0.2, 0) is 16.1 Å². The molecule has 3 aromatic rings. The van der Waals surface area contributed by atoms with Crippen LogP contribution in [0.15, 0.2) is 78.6 Å². The highest BCUT2D eigenvalue weighted by molar-refractivity contribution is 6.09. The molecule has 9 heteroatoms. The summed E-state index contributed by atoms with van der Waals surface area (Å²) in [4.78, 5) is 43.1. The highest BCUT2D eigenvalue weighted by atomic mass is 19.1. The largest absolute Gasteiger partial charge is 0.450 e. The number of ether oxygens (including phenoxy) is 2. The lowest BCUT2D eigenvalue weighted by Gasteiger charge is -2.34. The fraction of sp³-hybridized carbons (Fsp3) is 0.233. The van der Waals surface area contributed by atoms with Gasteiger partial charge in [-0.15, -0.1) is 0 Å². The molecule has 3 amide bonds. The molecule has 5 rings (SSSR count). The average Bonchev–Trinajstić information content (AvgIpc) is 2.96. The van der Waals surface area contributed by atoms with Gasteiger partial charge in [-0.3, -0.25) is 14.5 Å². The number of hydrogen-bond acceptors (Lipinski definition) is 5. The van der Waals surface area contributed by atoms with Gasteiger partial charge in [-0.1, -0.05) is 42.5 Å². The van der Waals surface area contributed by atoms with Gasteiger partial charge in [0.1, 0.15) is 5.82 Å². The maximum Gasteiger partial charge on any atom is 0.409 e. The van der Waals surface area contributed by atoms with Crippen molar-refractivity contribution in [3.05, 3.63) is 101 Å². The van der Waals surface area contributed by atoms with Gasteiger partial charge in [0.15, 0.2) is 11.5 Å². The SMILES string of the molecule is CCOC(=O)N1CCN(C(=O)c2ccc(C=C3Oc4ccccc4N(Cc4ccccc4F)C3=O)cc2)CC1. The van der Waals surface area contributed by atoms with E-state index in [0.29, 0.717) is 60.9 Å². The molecule has 0 spiro atoms. The molecule has 2 heterocycles. The third kappa shape index (κ3) is 5.62. The molecule has 39 heavy (non-hydrogen) atoms. The zero-order chi connectivity index (χ0) is 27.4. The van der Waals surface area contributed by atoms with Gasteiger partial charge in [-0.05, 0) is 48.9 Å².